The van der Waals surface area contributed by atoms with Gasteiger partial charge in [0.1, 0.15) is 6.04 Å². The van der Waals surface area contributed by atoms with Crippen molar-refractivity contribution >= 4 is 17.8 Å². The number of amides is 2. The number of imide groups is 1. The van der Waals surface area contributed by atoms with E-state index in [2.05, 4.69) is 4.98 Å². The van der Waals surface area contributed by atoms with Crippen molar-refractivity contribution in [3.8, 4) is 0 Å². The first kappa shape index (κ1) is 10.3. The summed E-state index contributed by atoms with van der Waals surface area (Å²) in [5.41, 5.74) is 0.355. The molecule has 2 heterocycles. The van der Waals surface area contributed by atoms with Crippen LogP contribution >= 0.6 is 0 Å². The second-order valence-electron chi connectivity index (χ2n) is 3.42. The van der Waals surface area contributed by atoms with Gasteiger partial charge in [-0.25, -0.2) is 4.79 Å². The van der Waals surface area contributed by atoms with Crippen LogP contribution in [-0.4, -0.2) is 38.8 Å². The van der Waals surface area contributed by atoms with Crippen LogP contribution in [0.25, 0.3) is 0 Å². The van der Waals surface area contributed by atoms with Crippen molar-refractivity contribution in [2.24, 2.45) is 0 Å². The van der Waals surface area contributed by atoms with Gasteiger partial charge < -0.3 is 5.11 Å². The minimum Gasteiger partial charge on any atom is -0.480 e. The third-order valence-electron chi connectivity index (χ3n) is 2.46. The predicted molar refractivity (Wildman–Crippen MR) is 51.8 cm³/mol. The average Bonchev–Trinajstić information content (AvgIpc) is 2.52. The lowest BCUT2D eigenvalue weighted by Gasteiger charge is -2.17. The van der Waals surface area contributed by atoms with E-state index in [1.807, 2.05) is 0 Å². The van der Waals surface area contributed by atoms with E-state index in [1.54, 1.807) is 0 Å². The minimum atomic E-state index is -1.22. The summed E-state index contributed by atoms with van der Waals surface area (Å²) in [4.78, 5) is 38.8. The number of nitrogens with zero attached hydrogens (tertiary/aromatic N) is 2. The SMILES string of the molecule is C[C@H](C(=O)O)N1C(=O)c2ccncc2C1=O. The van der Waals surface area contributed by atoms with Gasteiger partial charge in [0, 0.05) is 12.4 Å². The molecule has 0 spiro atoms. The van der Waals surface area contributed by atoms with E-state index in [4.69, 9.17) is 5.11 Å². The zero-order valence-electron chi connectivity index (χ0n) is 8.38. The molecule has 2 rings (SSSR count). The molecule has 6 heteroatoms. The molecule has 0 unspecified atom stereocenters. The molecule has 1 aromatic heterocycles. The molecule has 0 aromatic carbocycles. The molecule has 1 aliphatic rings. The van der Waals surface area contributed by atoms with E-state index in [-0.39, 0.29) is 11.1 Å². The van der Waals surface area contributed by atoms with E-state index in [9.17, 15) is 14.4 Å². The predicted octanol–water partition coefficient (Wildman–Crippen LogP) is 0.151. The zero-order chi connectivity index (χ0) is 11.9. The van der Waals surface area contributed by atoms with Crippen LogP contribution in [0.5, 0.6) is 0 Å². The number of pyridine rings is 1. The molecule has 0 fully saturated rings. The highest BCUT2D eigenvalue weighted by molar-refractivity contribution is 6.22. The number of carboxylic acid groups (broad SMARTS) is 1. The van der Waals surface area contributed by atoms with Crippen LogP contribution in [0.2, 0.25) is 0 Å². The highest BCUT2D eigenvalue weighted by Crippen LogP contribution is 2.23. The molecule has 1 N–H and O–H groups in total. The van der Waals surface area contributed by atoms with E-state index in [0.29, 0.717) is 0 Å². The summed E-state index contributed by atoms with van der Waals surface area (Å²) in [6, 6.07) is 0.233. The van der Waals surface area contributed by atoms with E-state index in [1.165, 1.54) is 25.4 Å². The van der Waals surface area contributed by atoms with Crippen LogP contribution in [0.1, 0.15) is 27.6 Å². The van der Waals surface area contributed by atoms with Gasteiger partial charge in [0.2, 0.25) is 0 Å². The number of carbonyl (C=O) groups is 3. The molecule has 0 radical (unpaired) electrons. The lowest BCUT2D eigenvalue weighted by atomic mass is 10.2. The molecule has 2 amide bonds. The number of carbonyl (C=O) groups excluding carboxylic acids is 2. The highest BCUT2D eigenvalue weighted by atomic mass is 16.4. The Labute approximate surface area is 90.5 Å². The van der Waals surface area contributed by atoms with Crippen LogP contribution < -0.4 is 0 Å². The van der Waals surface area contributed by atoms with Gasteiger partial charge in [-0.05, 0) is 13.0 Å². The Balaban J connectivity index is 2.46. The van der Waals surface area contributed by atoms with Crippen LogP contribution in [0, 0.1) is 0 Å². The molecule has 82 valence electrons. The maximum Gasteiger partial charge on any atom is 0.326 e. The van der Waals surface area contributed by atoms with Gasteiger partial charge in [0.25, 0.3) is 11.8 Å². The molecular formula is C10H8N2O4. The topological polar surface area (TPSA) is 87.6 Å². The number of hydrogen-bond donors (Lipinski definition) is 1. The standard InChI is InChI=1S/C10H8N2O4/c1-5(10(15)16)12-8(13)6-2-3-11-4-7(6)9(12)14/h2-5H,1H3,(H,15,16)/t5-/m1/s1. The molecule has 6 nitrogen and oxygen atoms in total. The molecule has 0 saturated heterocycles. The van der Waals surface area contributed by atoms with Crippen molar-refractivity contribution < 1.29 is 19.5 Å². The van der Waals surface area contributed by atoms with Crippen LogP contribution in [-0.2, 0) is 4.79 Å². The van der Waals surface area contributed by atoms with E-state index >= 15 is 0 Å². The fourth-order valence-electron chi connectivity index (χ4n) is 1.57. The maximum absolute atomic E-state index is 11.8. The van der Waals surface area contributed by atoms with Gasteiger partial charge in [-0.15, -0.1) is 0 Å². The van der Waals surface area contributed by atoms with Crippen molar-refractivity contribution in [3.63, 3.8) is 0 Å². The fraction of sp³-hybridized carbons (Fsp3) is 0.200. The number of hydrogen-bond acceptors (Lipinski definition) is 4. The summed E-state index contributed by atoms with van der Waals surface area (Å²) < 4.78 is 0. The molecule has 1 aliphatic heterocycles. The first-order valence-electron chi connectivity index (χ1n) is 4.58. The highest BCUT2D eigenvalue weighted by Gasteiger charge is 2.40. The van der Waals surface area contributed by atoms with Gasteiger partial charge in [0.15, 0.2) is 0 Å². The Morgan fingerprint density at radius 3 is 2.56 bits per heavy atom. The largest absolute Gasteiger partial charge is 0.480 e. The first-order valence-corrected chi connectivity index (χ1v) is 4.58. The molecule has 1 atom stereocenters. The Bertz CT molecular complexity index is 462. The number of fused-ring (bicyclic) bond motifs is 1. The second-order valence-corrected chi connectivity index (χ2v) is 3.42. The first-order chi connectivity index (χ1) is 7.54. The van der Waals surface area contributed by atoms with Gasteiger partial charge in [0.05, 0.1) is 11.1 Å². The Hall–Kier alpha value is -2.24. The third-order valence-corrected chi connectivity index (χ3v) is 2.46. The minimum absolute atomic E-state index is 0.153. The van der Waals surface area contributed by atoms with Gasteiger partial charge in [-0.2, -0.15) is 0 Å². The van der Waals surface area contributed by atoms with E-state index < -0.39 is 23.8 Å². The number of aromatic nitrogens is 1. The van der Waals surface area contributed by atoms with Crippen molar-refractivity contribution in [3.05, 3.63) is 29.6 Å². The monoisotopic (exact) mass is 220 g/mol. The lowest BCUT2D eigenvalue weighted by molar-refractivity contribution is -0.140. The summed E-state index contributed by atoms with van der Waals surface area (Å²) in [7, 11) is 0. The van der Waals surface area contributed by atoms with Crippen molar-refractivity contribution in [2.75, 3.05) is 0 Å². The van der Waals surface area contributed by atoms with Crippen molar-refractivity contribution in [1.82, 2.24) is 9.88 Å². The maximum atomic E-state index is 11.8. The number of aliphatic carboxylic acids is 1. The van der Waals surface area contributed by atoms with Crippen molar-refractivity contribution in [2.45, 2.75) is 13.0 Å². The van der Waals surface area contributed by atoms with Gasteiger partial charge in [-0.1, -0.05) is 0 Å². The summed E-state index contributed by atoms with van der Waals surface area (Å²) in [6.45, 7) is 1.29. The summed E-state index contributed by atoms with van der Waals surface area (Å²) >= 11 is 0. The fourth-order valence-corrected chi connectivity index (χ4v) is 1.57. The second kappa shape index (κ2) is 3.41. The van der Waals surface area contributed by atoms with Crippen molar-refractivity contribution in [1.29, 1.82) is 0 Å². The lowest BCUT2D eigenvalue weighted by Crippen LogP contribution is -2.42. The Morgan fingerprint density at radius 2 is 2.00 bits per heavy atom. The number of rotatable bonds is 2. The number of carboxylic acids is 1. The van der Waals surface area contributed by atoms with Crippen LogP contribution in [0.15, 0.2) is 18.5 Å². The summed E-state index contributed by atoms with van der Waals surface area (Å²) in [6.07, 6.45) is 2.66. The zero-order valence-corrected chi connectivity index (χ0v) is 8.38. The molecule has 0 saturated carbocycles. The smallest absolute Gasteiger partial charge is 0.326 e. The molecule has 16 heavy (non-hydrogen) atoms. The van der Waals surface area contributed by atoms with Crippen LogP contribution in [0.3, 0.4) is 0 Å². The van der Waals surface area contributed by atoms with Gasteiger partial charge in [-0.3, -0.25) is 19.5 Å². The van der Waals surface area contributed by atoms with E-state index in [0.717, 1.165) is 4.90 Å². The quantitative estimate of drug-likeness (QED) is 0.717. The summed E-state index contributed by atoms with van der Waals surface area (Å²) in [5, 5.41) is 8.80. The van der Waals surface area contributed by atoms with Gasteiger partial charge >= 0.3 is 5.97 Å². The molecule has 1 aromatic rings. The molecule has 0 bridgehead atoms. The Morgan fingerprint density at radius 1 is 1.38 bits per heavy atom. The molecular weight excluding hydrogens is 212 g/mol. The molecule has 0 aliphatic carbocycles. The average molecular weight is 220 g/mol. The van der Waals surface area contributed by atoms with Crippen LogP contribution in [0.4, 0.5) is 0 Å². The Kier molecular flexibility index (Phi) is 2.19. The summed E-state index contributed by atoms with van der Waals surface area (Å²) in [5.74, 6) is -2.41. The third kappa shape index (κ3) is 1.27. The normalized spacial score (nSPS) is 16.2.